The van der Waals surface area contributed by atoms with Gasteiger partial charge in [-0.2, -0.15) is 0 Å². The number of hydrogen-bond donors (Lipinski definition) is 5. The van der Waals surface area contributed by atoms with Gasteiger partial charge in [0.05, 0.1) is 6.54 Å². The molecule has 3 rings (SSSR count). The lowest BCUT2D eigenvalue weighted by molar-refractivity contribution is -0.141. The first-order chi connectivity index (χ1) is 17.2. The van der Waals surface area contributed by atoms with Gasteiger partial charge < -0.3 is 30.8 Å². The summed E-state index contributed by atoms with van der Waals surface area (Å²) in [6.07, 6.45) is 1.02. The van der Waals surface area contributed by atoms with Crippen LogP contribution in [0.3, 0.4) is 0 Å². The SMILES string of the molecule is CC(C)[C@H](NC(=O)OCc1ccccc1)C(=O)NCC(=O)N[C@@H](Cc1c[nH]c2ccccc12)C(=O)O. The molecule has 190 valence electrons. The fourth-order valence-corrected chi connectivity index (χ4v) is 3.67. The van der Waals surface area contributed by atoms with E-state index in [4.69, 9.17) is 4.74 Å². The van der Waals surface area contributed by atoms with Gasteiger partial charge in [0, 0.05) is 23.5 Å². The highest BCUT2D eigenvalue weighted by Gasteiger charge is 2.26. The maximum atomic E-state index is 12.6. The Balaban J connectivity index is 1.51. The average molecular weight is 495 g/mol. The van der Waals surface area contributed by atoms with Crippen LogP contribution in [0.15, 0.2) is 60.8 Å². The second-order valence-electron chi connectivity index (χ2n) is 8.67. The summed E-state index contributed by atoms with van der Waals surface area (Å²) < 4.78 is 5.17. The Kier molecular flexibility index (Phi) is 9.04. The van der Waals surface area contributed by atoms with Crippen molar-refractivity contribution in [1.29, 1.82) is 0 Å². The summed E-state index contributed by atoms with van der Waals surface area (Å²) in [6.45, 7) is 3.09. The monoisotopic (exact) mass is 494 g/mol. The zero-order valence-electron chi connectivity index (χ0n) is 20.1. The molecule has 3 amide bonds. The number of alkyl carbamates (subject to hydrolysis) is 1. The van der Waals surface area contributed by atoms with Crippen LogP contribution >= 0.6 is 0 Å². The van der Waals surface area contributed by atoms with Crippen molar-refractivity contribution in [2.45, 2.75) is 39.0 Å². The molecule has 0 radical (unpaired) electrons. The molecule has 2 aromatic carbocycles. The molecule has 0 aliphatic rings. The van der Waals surface area contributed by atoms with Crippen molar-refractivity contribution < 1.29 is 29.0 Å². The first-order valence-corrected chi connectivity index (χ1v) is 11.6. The summed E-state index contributed by atoms with van der Waals surface area (Å²) in [7, 11) is 0. The number of ether oxygens (including phenoxy) is 1. The molecule has 0 fully saturated rings. The Morgan fingerprint density at radius 3 is 2.36 bits per heavy atom. The lowest BCUT2D eigenvalue weighted by Crippen LogP contribution is -2.52. The van der Waals surface area contributed by atoms with Crippen LogP contribution in [0.2, 0.25) is 0 Å². The third-order valence-electron chi connectivity index (χ3n) is 5.59. The van der Waals surface area contributed by atoms with Gasteiger partial charge in [0.15, 0.2) is 0 Å². The average Bonchev–Trinajstić information content (AvgIpc) is 3.27. The van der Waals surface area contributed by atoms with Crippen LogP contribution in [0.4, 0.5) is 4.79 Å². The number of para-hydroxylation sites is 1. The van der Waals surface area contributed by atoms with E-state index in [-0.39, 0.29) is 18.9 Å². The lowest BCUT2D eigenvalue weighted by Gasteiger charge is -2.21. The van der Waals surface area contributed by atoms with Crippen LogP contribution in [0, 0.1) is 5.92 Å². The van der Waals surface area contributed by atoms with E-state index in [1.54, 1.807) is 32.2 Å². The van der Waals surface area contributed by atoms with Gasteiger partial charge in [-0.3, -0.25) is 9.59 Å². The number of rotatable bonds is 11. The zero-order chi connectivity index (χ0) is 26.1. The number of carbonyl (C=O) groups excluding carboxylic acids is 3. The Bertz CT molecular complexity index is 1210. The second kappa shape index (κ2) is 12.4. The molecule has 3 aromatic rings. The molecule has 0 bridgehead atoms. The van der Waals surface area contributed by atoms with E-state index in [0.29, 0.717) is 0 Å². The van der Waals surface area contributed by atoms with Crippen LogP contribution in [0.5, 0.6) is 0 Å². The van der Waals surface area contributed by atoms with E-state index < -0.39 is 42.5 Å². The maximum Gasteiger partial charge on any atom is 0.408 e. The van der Waals surface area contributed by atoms with Crippen molar-refractivity contribution >= 4 is 34.8 Å². The van der Waals surface area contributed by atoms with E-state index in [0.717, 1.165) is 22.0 Å². The number of fused-ring (bicyclic) bond motifs is 1. The van der Waals surface area contributed by atoms with Crippen molar-refractivity contribution in [1.82, 2.24) is 20.9 Å². The van der Waals surface area contributed by atoms with Crippen molar-refractivity contribution in [2.24, 2.45) is 5.92 Å². The largest absolute Gasteiger partial charge is 0.480 e. The Morgan fingerprint density at radius 2 is 1.67 bits per heavy atom. The number of carbonyl (C=O) groups is 4. The van der Waals surface area contributed by atoms with E-state index in [2.05, 4.69) is 20.9 Å². The second-order valence-corrected chi connectivity index (χ2v) is 8.67. The van der Waals surface area contributed by atoms with Crippen LogP contribution in [0.25, 0.3) is 10.9 Å². The minimum Gasteiger partial charge on any atom is -0.480 e. The fourth-order valence-electron chi connectivity index (χ4n) is 3.67. The molecule has 0 aliphatic heterocycles. The summed E-state index contributed by atoms with van der Waals surface area (Å²) >= 11 is 0. The molecule has 0 saturated carbocycles. The number of aromatic amines is 1. The van der Waals surface area contributed by atoms with Gasteiger partial charge >= 0.3 is 12.1 Å². The lowest BCUT2D eigenvalue weighted by atomic mass is 10.0. The molecule has 0 spiro atoms. The van der Waals surface area contributed by atoms with E-state index in [9.17, 15) is 24.3 Å². The van der Waals surface area contributed by atoms with Gasteiger partial charge in [-0.05, 0) is 23.1 Å². The first-order valence-electron chi connectivity index (χ1n) is 11.6. The first kappa shape index (κ1) is 26.3. The fraction of sp³-hybridized carbons (Fsp3) is 0.308. The highest BCUT2D eigenvalue weighted by atomic mass is 16.5. The highest BCUT2D eigenvalue weighted by molar-refractivity contribution is 5.91. The van der Waals surface area contributed by atoms with Gasteiger partial charge in [-0.25, -0.2) is 9.59 Å². The minimum atomic E-state index is -1.19. The number of amides is 3. The molecule has 0 saturated heterocycles. The third kappa shape index (κ3) is 7.33. The number of carboxylic acids is 1. The molecule has 10 nitrogen and oxygen atoms in total. The molecule has 0 aliphatic carbocycles. The van der Waals surface area contributed by atoms with Crippen molar-refractivity contribution in [3.63, 3.8) is 0 Å². The Labute approximate surface area is 208 Å². The highest BCUT2D eigenvalue weighted by Crippen LogP contribution is 2.19. The molecule has 0 unspecified atom stereocenters. The number of hydrogen-bond acceptors (Lipinski definition) is 5. The zero-order valence-corrected chi connectivity index (χ0v) is 20.1. The predicted octanol–water partition coefficient (Wildman–Crippen LogP) is 2.35. The minimum absolute atomic E-state index is 0.0501. The number of nitrogens with one attached hydrogen (secondary N) is 4. The normalized spacial score (nSPS) is 12.5. The summed E-state index contributed by atoms with van der Waals surface area (Å²) in [5.74, 6) is -2.72. The molecule has 2 atom stereocenters. The topological polar surface area (TPSA) is 150 Å². The van der Waals surface area contributed by atoms with E-state index in [1.165, 1.54) is 0 Å². The number of carboxylic acid groups (broad SMARTS) is 1. The quantitative estimate of drug-likeness (QED) is 0.276. The molecular formula is C26H30N4O6. The number of H-pyrrole nitrogens is 1. The van der Waals surface area contributed by atoms with Gasteiger partial charge in [-0.15, -0.1) is 0 Å². The predicted molar refractivity (Wildman–Crippen MR) is 133 cm³/mol. The Hall–Kier alpha value is -4.34. The third-order valence-corrected chi connectivity index (χ3v) is 5.59. The number of benzene rings is 2. The molecular weight excluding hydrogens is 464 g/mol. The van der Waals surface area contributed by atoms with E-state index in [1.807, 2.05) is 42.5 Å². The summed E-state index contributed by atoms with van der Waals surface area (Å²) in [4.78, 5) is 52.1. The molecule has 5 N–H and O–H groups in total. The number of aromatic nitrogens is 1. The van der Waals surface area contributed by atoms with Crippen LogP contribution in [-0.2, 0) is 32.1 Å². The van der Waals surface area contributed by atoms with Crippen LogP contribution in [0.1, 0.15) is 25.0 Å². The van der Waals surface area contributed by atoms with Crippen LogP contribution in [-0.4, -0.2) is 52.6 Å². The van der Waals surface area contributed by atoms with Crippen molar-refractivity contribution in [3.05, 3.63) is 71.9 Å². The summed E-state index contributed by atoms with van der Waals surface area (Å²) in [5, 5.41) is 17.9. The van der Waals surface area contributed by atoms with Gasteiger partial charge in [0.25, 0.3) is 0 Å². The summed E-state index contributed by atoms with van der Waals surface area (Å²) in [6, 6.07) is 14.4. The van der Waals surface area contributed by atoms with Gasteiger partial charge in [0.1, 0.15) is 18.7 Å². The molecule has 1 heterocycles. The van der Waals surface area contributed by atoms with Crippen LogP contribution < -0.4 is 16.0 Å². The van der Waals surface area contributed by atoms with E-state index >= 15 is 0 Å². The standard InChI is InChI=1S/C26H30N4O6/c1-16(2)23(30-26(35)36-15-17-8-4-3-5-9-17)24(32)28-14-22(31)29-21(25(33)34)12-18-13-27-20-11-7-6-10-19(18)20/h3-11,13,16,21,23,27H,12,14-15H2,1-2H3,(H,28,32)(H,29,31)(H,30,35)(H,33,34)/t21-,23-/m0/s1. The molecule has 36 heavy (non-hydrogen) atoms. The van der Waals surface area contributed by atoms with Crippen molar-refractivity contribution in [2.75, 3.05) is 6.54 Å². The van der Waals surface area contributed by atoms with Crippen molar-refractivity contribution in [3.8, 4) is 0 Å². The smallest absolute Gasteiger partial charge is 0.408 e. The van der Waals surface area contributed by atoms with Gasteiger partial charge in [0.2, 0.25) is 11.8 Å². The summed E-state index contributed by atoms with van der Waals surface area (Å²) in [5.41, 5.74) is 2.42. The van der Waals surface area contributed by atoms with Gasteiger partial charge in [-0.1, -0.05) is 62.4 Å². The number of aliphatic carboxylic acids is 1. The molecule has 10 heteroatoms. The Morgan fingerprint density at radius 1 is 0.972 bits per heavy atom. The maximum absolute atomic E-state index is 12.6. The molecule has 1 aromatic heterocycles.